The van der Waals surface area contributed by atoms with Gasteiger partial charge in [-0.05, 0) is 18.2 Å². The number of hydrogen-bond donors (Lipinski definition) is 0. The van der Waals surface area contributed by atoms with Gasteiger partial charge in [0.2, 0.25) is 0 Å². The SMILES string of the molecule is COc1ccc(OS(=O)(=O)C(F)(F)F)c(CP(OC)OC)c1. The third kappa shape index (κ3) is 4.70. The first kappa shape index (κ1) is 19.0. The van der Waals surface area contributed by atoms with Crippen LogP contribution in [0.3, 0.4) is 0 Å². The second-order valence-corrected chi connectivity index (χ2v) is 7.06. The van der Waals surface area contributed by atoms with Crippen LogP contribution in [0.25, 0.3) is 0 Å². The van der Waals surface area contributed by atoms with Crippen LogP contribution in [-0.4, -0.2) is 35.3 Å². The standard InChI is InChI=1S/C11H14F3O6PS/c1-17-9-4-5-10(20-22(15,16)11(12,13)14)8(6-9)7-21(18-2)19-3/h4-6H,7H2,1-3H3. The number of halogens is 3. The summed E-state index contributed by atoms with van der Waals surface area (Å²) in [6.45, 7) is 0. The molecule has 0 aliphatic carbocycles. The summed E-state index contributed by atoms with van der Waals surface area (Å²) >= 11 is 0. The molecule has 0 amide bonds. The van der Waals surface area contributed by atoms with Crippen molar-refractivity contribution in [2.24, 2.45) is 0 Å². The van der Waals surface area contributed by atoms with Crippen molar-refractivity contribution in [3.63, 3.8) is 0 Å². The van der Waals surface area contributed by atoms with Gasteiger partial charge in [-0.2, -0.15) is 21.6 Å². The highest BCUT2D eigenvalue weighted by molar-refractivity contribution is 7.88. The van der Waals surface area contributed by atoms with Crippen molar-refractivity contribution in [3.05, 3.63) is 23.8 Å². The van der Waals surface area contributed by atoms with E-state index in [1.54, 1.807) is 0 Å². The molecule has 0 saturated heterocycles. The smallest absolute Gasteiger partial charge is 0.497 e. The second-order valence-electron chi connectivity index (χ2n) is 3.81. The molecule has 1 rings (SSSR count). The van der Waals surface area contributed by atoms with E-state index in [0.29, 0.717) is 5.75 Å². The highest BCUT2D eigenvalue weighted by Crippen LogP contribution is 2.43. The van der Waals surface area contributed by atoms with Crippen LogP contribution < -0.4 is 8.92 Å². The lowest BCUT2D eigenvalue weighted by Gasteiger charge is -2.17. The van der Waals surface area contributed by atoms with Crippen molar-refractivity contribution >= 4 is 18.5 Å². The molecule has 0 aliphatic rings. The summed E-state index contributed by atoms with van der Waals surface area (Å²) in [6, 6.07) is 3.72. The maximum Gasteiger partial charge on any atom is 0.534 e. The number of alkyl halides is 3. The Hall–Kier alpha value is -1.09. The Balaban J connectivity index is 3.18. The van der Waals surface area contributed by atoms with E-state index < -0.39 is 29.8 Å². The zero-order valence-electron chi connectivity index (χ0n) is 11.9. The molecule has 1 aromatic carbocycles. The minimum Gasteiger partial charge on any atom is -0.497 e. The molecule has 22 heavy (non-hydrogen) atoms. The summed E-state index contributed by atoms with van der Waals surface area (Å²) in [6.07, 6.45) is 0.0300. The molecule has 6 nitrogen and oxygen atoms in total. The van der Waals surface area contributed by atoms with Crippen molar-refractivity contribution < 1.29 is 39.6 Å². The predicted octanol–water partition coefficient (Wildman–Crippen LogP) is 3.03. The average molecular weight is 362 g/mol. The van der Waals surface area contributed by atoms with Crippen molar-refractivity contribution in [3.8, 4) is 11.5 Å². The van der Waals surface area contributed by atoms with Crippen LogP contribution >= 0.6 is 8.38 Å². The topological polar surface area (TPSA) is 71.1 Å². The largest absolute Gasteiger partial charge is 0.534 e. The maximum absolute atomic E-state index is 12.4. The van der Waals surface area contributed by atoms with Crippen molar-refractivity contribution in [1.82, 2.24) is 0 Å². The quantitative estimate of drug-likeness (QED) is 0.422. The molecule has 0 unspecified atom stereocenters. The van der Waals surface area contributed by atoms with E-state index in [-0.39, 0.29) is 11.7 Å². The summed E-state index contributed by atoms with van der Waals surface area (Å²) in [7, 11) is -3.12. The minimum atomic E-state index is -5.76. The van der Waals surface area contributed by atoms with Gasteiger partial charge in [0.15, 0.2) is 8.38 Å². The Labute approximate surface area is 127 Å². The van der Waals surface area contributed by atoms with Gasteiger partial charge in [-0.15, -0.1) is 0 Å². The van der Waals surface area contributed by atoms with Crippen LogP contribution in [0.1, 0.15) is 5.56 Å². The summed E-state index contributed by atoms with van der Waals surface area (Å²) in [5.74, 6) is -0.131. The van der Waals surface area contributed by atoms with Gasteiger partial charge in [0.05, 0.1) is 7.11 Å². The summed E-state index contributed by atoms with van der Waals surface area (Å²) in [4.78, 5) is 0. The highest BCUT2D eigenvalue weighted by Gasteiger charge is 2.48. The lowest BCUT2D eigenvalue weighted by Crippen LogP contribution is -2.28. The molecule has 1 aromatic rings. The molecule has 126 valence electrons. The maximum atomic E-state index is 12.4. The van der Waals surface area contributed by atoms with E-state index in [0.717, 1.165) is 6.07 Å². The number of ether oxygens (including phenoxy) is 1. The van der Waals surface area contributed by atoms with Crippen molar-refractivity contribution in [2.45, 2.75) is 11.7 Å². The zero-order chi connectivity index (χ0) is 17.0. The van der Waals surface area contributed by atoms with E-state index in [4.69, 9.17) is 13.8 Å². The summed E-state index contributed by atoms with van der Waals surface area (Å²) < 4.78 is 78.6. The van der Waals surface area contributed by atoms with E-state index in [2.05, 4.69) is 4.18 Å². The van der Waals surface area contributed by atoms with Crippen molar-refractivity contribution in [2.75, 3.05) is 21.3 Å². The Morgan fingerprint density at radius 2 is 1.73 bits per heavy atom. The van der Waals surface area contributed by atoms with Gasteiger partial charge in [0.25, 0.3) is 0 Å². The first-order chi connectivity index (χ1) is 10.1. The number of hydrogen-bond acceptors (Lipinski definition) is 6. The molecular weight excluding hydrogens is 348 g/mol. The second kappa shape index (κ2) is 7.45. The van der Waals surface area contributed by atoms with E-state index in [1.165, 1.54) is 33.5 Å². The van der Waals surface area contributed by atoms with E-state index in [9.17, 15) is 21.6 Å². The molecule has 0 aliphatic heterocycles. The van der Waals surface area contributed by atoms with Crippen LogP contribution in [0.15, 0.2) is 18.2 Å². The minimum absolute atomic E-state index is 0.0300. The molecule has 0 saturated carbocycles. The lowest BCUT2D eigenvalue weighted by atomic mass is 10.2. The third-order valence-electron chi connectivity index (χ3n) is 2.46. The fraction of sp³-hybridized carbons (Fsp3) is 0.455. The monoisotopic (exact) mass is 362 g/mol. The lowest BCUT2D eigenvalue weighted by molar-refractivity contribution is -0.0500. The van der Waals surface area contributed by atoms with Gasteiger partial charge in [0.1, 0.15) is 11.5 Å². The number of rotatable bonds is 7. The Bertz CT molecular complexity index is 600. The summed E-state index contributed by atoms with van der Waals surface area (Å²) in [5.41, 5.74) is -5.36. The van der Waals surface area contributed by atoms with Crippen LogP contribution in [0, 0.1) is 0 Å². The van der Waals surface area contributed by atoms with Crippen LogP contribution in [-0.2, 0) is 25.3 Å². The molecule has 0 heterocycles. The number of benzene rings is 1. The van der Waals surface area contributed by atoms with Crippen molar-refractivity contribution in [1.29, 1.82) is 0 Å². The molecule has 0 fully saturated rings. The molecule has 0 N–H and O–H groups in total. The molecule has 0 spiro atoms. The molecule has 0 radical (unpaired) electrons. The van der Waals surface area contributed by atoms with Gasteiger partial charge in [-0.3, -0.25) is 0 Å². The van der Waals surface area contributed by atoms with Gasteiger partial charge < -0.3 is 18.0 Å². The molecule has 0 atom stereocenters. The predicted molar refractivity (Wildman–Crippen MR) is 73.2 cm³/mol. The normalized spacial score (nSPS) is 12.5. The Morgan fingerprint density at radius 1 is 1.14 bits per heavy atom. The Kier molecular flexibility index (Phi) is 6.42. The third-order valence-corrected chi connectivity index (χ3v) is 4.84. The van der Waals surface area contributed by atoms with Crippen LogP contribution in [0.5, 0.6) is 11.5 Å². The fourth-order valence-electron chi connectivity index (χ4n) is 1.40. The zero-order valence-corrected chi connectivity index (χ0v) is 13.6. The average Bonchev–Trinajstić information content (AvgIpc) is 2.44. The van der Waals surface area contributed by atoms with Gasteiger partial charge in [-0.25, -0.2) is 0 Å². The highest BCUT2D eigenvalue weighted by atomic mass is 32.2. The molecule has 0 aromatic heterocycles. The number of methoxy groups -OCH3 is 1. The van der Waals surface area contributed by atoms with Gasteiger partial charge in [-0.1, -0.05) is 0 Å². The first-order valence-electron chi connectivity index (χ1n) is 5.68. The van der Waals surface area contributed by atoms with E-state index >= 15 is 0 Å². The first-order valence-corrected chi connectivity index (χ1v) is 8.45. The van der Waals surface area contributed by atoms with Crippen LogP contribution in [0.4, 0.5) is 13.2 Å². The fourth-order valence-corrected chi connectivity index (χ4v) is 2.82. The Morgan fingerprint density at radius 3 is 2.18 bits per heavy atom. The van der Waals surface area contributed by atoms with Gasteiger partial charge >= 0.3 is 15.6 Å². The molecule has 11 heteroatoms. The molecule has 0 bridgehead atoms. The molecular formula is C11H14F3O6PS. The van der Waals surface area contributed by atoms with Gasteiger partial charge in [0, 0.05) is 25.9 Å². The summed E-state index contributed by atoms with van der Waals surface area (Å²) in [5, 5.41) is 0. The van der Waals surface area contributed by atoms with Crippen LogP contribution in [0.2, 0.25) is 0 Å². The van der Waals surface area contributed by atoms with E-state index in [1.807, 2.05) is 0 Å².